The molecule has 1 aromatic carbocycles. The van der Waals surface area contributed by atoms with Crippen molar-refractivity contribution in [3.8, 4) is 17.4 Å². The molecule has 8 nitrogen and oxygen atoms in total. The molecule has 29 heavy (non-hydrogen) atoms. The van der Waals surface area contributed by atoms with E-state index in [0.717, 1.165) is 25.1 Å². The molecule has 9 heteroatoms. The molecule has 1 atom stereocenters. The highest BCUT2D eigenvalue weighted by Gasteiger charge is 2.47. The summed E-state index contributed by atoms with van der Waals surface area (Å²) >= 11 is 0. The van der Waals surface area contributed by atoms with Crippen LogP contribution in [0.5, 0.6) is 17.4 Å². The van der Waals surface area contributed by atoms with E-state index in [4.69, 9.17) is 18.9 Å². The molecule has 0 bridgehead atoms. The summed E-state index contributed by atoms with van der Waals surface area (Å²) in [6.45, 7) is 2.17. The summed E-state index contributed by atoms with van der Waals surface area (Å²) in [7, 11) is 0. The summed E-state index contributed by atoms with van der Waals surface area (Å²) < 4.78 is 39.1. The molecule has 1 saturated heterocycles. The van der Waals surface area contributed by atoms with Gasteiger partial charge in [0.15, 0.2) is 17.3 Å². The molecule has 1 saturated carbocycles. The van der Waals surface area contributed by atoms with Crippen molar-refractivity contribution in [1.82, 2.24) is 9.55 Å². The fourth-order valence-corrected chi connectivity index (χ4v) is 4.23. The zero-order valence-electron chi connectivity index (χ0n) is 15.7. The van der Waals surface area contributed by atoms with Gasteiger partial charge in [-0.15, -0.1) is 0 Å². The van der Waals surface area contributed by atoms with Crippen LogP contribution in [0.4, 0.5) is 10.2 Å². The van der Waals surface area contributed by atoms with Crippen LogP contribution in [0.3, 0.4) is 0 Å². The van der Waals surface area contributed by atoms with Gasteiger partial charge in [0.2, 0.25) is 5.88 Å². The second-order valence-electron chi connectivity index (χ2n) is 8.05. The van der Waals surface area contributed by atoms with E-state index < -0.39 is 5.82 Å². The van der Waals surface area contributed by atoms with Crippen LogP contribution < -0.4 is 24.8 Å². The summed E-state index contributed by atoms with van der Waals surface area (Å²) in [5.74, 6) is 1.05. The molecule has 1 aliphatic carbocycles. The smallest absolute Gasteiger partial charge is 0.352 e. The van der Waals surface area contributed by atoms with E-state index in [1.165, 1.54) is 6.07 Å². The van der Waals surface area contributed by atoms with Gasteiger partial charge in [-0.2, -0.15) is 4.98 Å². The van der Waals surface area contributed by atoms with Crippen molar-refractivity contribution < 1.29 is 23.3 Å². The molecule has 3 aliphatic heterocycles. The summed E-state index contributed by atoms with van der Waals surface area (Å²) in [6, 6.07) is 5.00. The van der Waals surface area contributed by atoms with E-state index in [9.17, 15) is 9.18 Å². The standard InChI is InChI=1S/C20H20FN3O5/c21-14-5-12(6-15-18(14)29-20(1-2-20)3-4-27-15)9-28-16-7-17-23(19(25)22-16)8-13-10-26-11-24(13)17/h5-7,13H,1-4,8-11H2. The lowest BCUT2D eigenvalue weighted by atomic mass is 10.2. The summed E-state index contributed by atoms with van der Waals surface area (Å²) in [5, 5.41) is 0. The predicted octanol–water partition coefficient (Wildman–Crippen LogP) is 1.83. The van der Waals surface area contributed by atoms with Gasteiger partial charge in [-0.3, -0.25) is 4.57 Å². The van der Waals surface area contributed by atoms with Crippen molar-refractivity contribution in [2.24, 2.45) is 0 Å². The third kappa shape index (κ3) is 2.83. The molecule has 2 fully saturated rings. The van der Waals surface area contributed by atoms with E-state index in [-0.39, 0.29) is 35.6 Å². The van der Waals surface area contributed by atoms with Crippen LogP contribution in [0.2, 0.25) is 0 Å². The van der Waals surface area contributed by atoms with Gasteiger partial charge in [0, 0.05) is 12.5 Å². The molecule has 4 heterocycles. The zero-order valence-corrected chi connectivity index (χ0v) is 15.7. The first-order chi connectivity index (χ1) is 14.1. The highest BCUT2D eigenvalue weighted by molar-refractivity contribution is 5.48. The Bertz CT molecular complexity index is 1050. The molecule has 1 unspecified atom stereocenters. The van der Waals surface area contributed by atoms with Crippen LogP contribution in [0.1, 0.15) is 24.8 Å². The van der Waals surface area contributed by atoms with Gasteiger partial charge in [0.05, 0.1) is 25.8 Å². The Kier molecular flexibility index (Phi) is 3.59. The maximum absolute atomic E-state index is 14.7. The first-order valence-electron chi connectivity index (χ1n) is 9.84. The number of hydrogen-bond acceptors (Lipinski definition) is 7. The van der Waals surface area contributed by atoms with Gasteiger partial charge in [0.25, 0.3) is 0 Å². The number of aromatic nitrogens is 2. The van der Waals surface area contributed by atoms with Crippen molar-refractivity contribution in [3.63, 3.8) is 0 Å². The fourth-order valence-electron chi connectivity index (χ4n) is 4.23. The highest BCUT2D eigenvalue weighted by atomic mass is 19.1. The third-order valence-corrected chi connectivity index (χ3v) is 6.03. The second-order valence-corrected chi connectivity index (χ2v) is 8.05. The molecule has 1 aromatic heterocycles. The number of ether oxygens (including phenoxy) is 4. The Morgan fingerprint density at radius 2 is 2.17 bits per heavy atom. The minimum atomic E-state index is -0.465. The Morgan fingerprint density at radius 1 is 1.28 bits per heavy atom. The van der Waals surface area contributed by atoms with Crippen molar-refractivity contribution in [2.45, 2.75) is 44.1 Å². The van der Waals surface area contributed by atoms with Crippen molar-refractivity contribution in [3.05, 3.63) is 40.1 Å². The lowest BCUT2D eigenvalue weighted by Gasteiger charge is -2.16. The molecule has 6 rings (SSSR count). The number of benzene rings is 1. The Morgan fingerprint density at radius 3 is 3.03 bits per heavy atom. The topological polar surface area (TPSA) is 75.0 Å². The van der Waals surface area contributed by atoms with Crippen molar-refractivity contribution in [1.29, 1.82) is 0 Å². The van der Waals surface area contributed by atoms with E-state index in [1.807, 2.05) is 4.90 Å². The van der Waals surface area contributed by atoms with Gasteiger partial charge in [-0.1, -0.05) is 0 Å². The lowest BCUT2D eigenvalue weighted by Crippen LogP contribution is -2.26. The van der Waals surface area contributed by atoms with E-state index in [0.29, 0.717) is 37.8 Å². The van der Waals surface area contributed by atoms with Crippen molar-refractivity contribution in [2.75, 3.05) is 24.8 Å². The van der Waals surface area contributed by atoms with E-state index in [2.05, 4.69) is 4.98 Å². The van der Waals surface area contributed by atoms with Gasteiger partial charge >= 0.3 is 5.69 Å². The van der Waals surface area contributed by atoms with Crippen LogP contribution >= 0.6 is 0 Å². The Labute approximate surface area is 165 Å². The molecule has 0 N–H and O–H groups in total. The molecule has 2 aromatic rings. The Hall–Kier alpha value is -2.81. The summed E-state index contributed by atoms with van der Waals surface area (Å²) in [6.07, 6.45) is 2.63. The predicted molar refractivity (Wildman–Crippen MR) is 99.0 cm³/mol. The van der Waals surface area contributed by atoms with Crippen LogP contribution in [-0.2, 0) is 17.9 Å². The maximum atomic E-state index is 14.7. The van der Waals surface area contributed by atoms with Crippen LogP contribution in [0.15, 0.2) is 23.0 Å². The largest absolute Gasteiger partial charge is 0.489 e. The maximum Gasteiger partial charge on any atom is 0.352 e. The van der Waals surface area contributed by atoms with Gasteiger partial charge < -0.3 is 23.8 Å². The normalized spacial score (nSPS) is 22.9. The molecule has 0 radical (unpaired) electrons. The molecule has 1 spiro atoms. The monoisotopic (exact) mass is 401 g/mol. The molecule has 152 valence electrons. The van der Waals surface area contributed by atoms with Gasteiger partial charge in [-0.05, 0) is 30.5 Å². The Balaban J connectivity index is 1.24. The lowest BCUT2D eigenvalue weighted by molar-refractivity contribution is 0.163. The van der Waals surface area contributed by atoms with Crippen LogP contribution in [-0.4, -0.2) is 41.1 Å². The first-order valence-corrected chi connectivity index (χ1v) is 9.84. The molecule has 0 amide bonds. The van der Waals surface area contributed by atoms with Gasteiger partial charge in [-0.25, -0.2) is 9.18 Å². The molecular formula is C20H20FN3O5. The van der Waals surface area contributed by atoms with E-state index in [1.54, 1.807) is 16.7 Å². The number of hydrogen-bond donors (Lipinski definition) is 0. The summed E-state index contributed by atoms with van der Waals surface area (Å²) in [4.78, 5) is 18.4. The summed E-state index contributed by atoms with van der Waals surface area (Å²) in [5.41, 5.74) is -0.0227. The van der Waals surface area contributed by atoms with Crippen LogP contribution in [0.25, 0.3) is 0 Å². The van der Waals surface area contributed by atoms with Crippen molar-refractivity contribution >= 4 is 5.82 Å². The van der Waals surface area contributed by atoms with Gasteiger partial charge in [0.1, 0.15) is 24.8 Å². The minimum absolute atomic E-state index is 0.0640. The fraction of sp³-hybridized carbons (Fsp3) is 0.500. The average molecular weight is 401 g/mol. The SMILES string of the molecule is O=c1nc(OCc2cc(F)c3c(c2)OCCC2(CC2)O3)cc2n1CC1COCN21. The number of nitrogens with zero attached hydrogens (tertiary/aromatic N) is 3. The highest BCUT2D eigenvalue weighted by Crippen LogP contribution is 2.48. The van der Waals surface area contributed by atoms with Crippen LogP contribution in [0, 0.1) is 5.82 Å². The number of rotatable bonds is 3. The number of anilines is 1. The average Bonchev–Trinajstić information content (AvgIpc) is 3.21. The third-order valence-electron chi connectivity index (χ3n) is 6.03. The first kappa shape index (κ1) is 17.1. The van der Waals surface area contributed by atoms with E-state index >= 15 is 0 Å². The second kappa shape index (κ2) is 6.09. The number of halogens is 1. The quantitative estimate of drug-likeness (QED) is 0.777. The molecule has 4 aliphatic rings. The number of fused-ring (bicyclic) bond motifs is 4. The molecular weight excluding hydrogens is 381 g/mol. The zero-order chi connectivity index (χ0) is 19.6. The minimum Gasteiger partial charge on any atom is -0.489 e.